The molecular weight excluding hydrogens is 463 g/mol. The third kappa shape index (κ3) is 6.31. The molecular formula is C24H28Cl2N4O3. The van der Waals surface area contributed by atoms with Gasteiger partial charge in [0.15, 0.2) is 0 Å². The van der Waals surface area contributed by atoms with E-state index in [9.17, 15) is 9.59 Å². The van der Waals surface area contributed by atoms with Crippen LogP contribution in [0.2, 0.25) is 10.0 Å². The van der Waals surface area contributed by atoms with Crippen molar-refractivity contribution in [2.45, 2.75) is 56.8 Å². The molecule has 4 N–H and O–H groups in total. The lowest BCUT2D eigenvalue weighted by Gasteiger charge is -2.39. The highest BCUT2D eigenvalue weighted by Crippen LogP contribution is 2.37. The third-order valence-electron chi connectivity index (χ3n) is 6.31. The highest BCUT2D eigenvalue weighted by Gasteiger charge is 2.40. The minimum absolute atomic E-state index is 0.0380. The molecule has 2 bridgehead atoms. The van der Waals surface area contributed by atoms with E-state index in [4.69, 9.17) is 33.7 Å². The van der Waals surface area contributed by atoms with Gasteiger partial charge in [0.2, 0.25) is 5.91 Å². The van der Waals surface area contributed by atoms with Crippen molar-refractivity contribution < 1.29 is 14.3 Å². The number of primary amides is 1. The lowest BCUT2D eigenvalue weighted by Crippen LogP contribution is -2.50. The summed E-state index contributed by atoms with van der Waals surface area (Å²) in [4.78, 5) is 26.3. The summed E-state index contributed by atoms with van der Waals surface area (Å²) in [7, 11) is 0. The van der Waals surface area contributed by atoms with Crippen LogP contribution in [-0.2, 0) is 11.3 Å². The number of fused-ring (bicyclic) bond motifs is 2. The average Bonchev–Trinajstić information content (AvgIpc) is 2.98. The molecule has 2 aliphatic rings. The lowest BCUT2D eigenvalue weighted by atomic mass is 9.96. The van der Waals surface area contributed by atoms with Crippen LogP contribution in [0, 0.1) is 0 Å². The van der Waals surface area contributed by atoms with Crippen molar-refractivity contribution in [2.75, 3.05) is 11.9 Å². The average molecular weight is 491 g/mol. The molecule has 3 atom stereocenters. The number of amides is 3. The van der Waals surface area contributed by atoms with Gasteiger partial charge in [-0.25, -0.2) is 4.79 Å². The summed E-state index contributed by atoms with van der Waals surface area (Å²) in [5.41, 5.74) is 6.83. The standard InChI is InChI=1S/C24H28Cl2N4O3/c25-16-3-1-15(2-4-16)14-30-19-6-7-20(30)13-18(12-19)28-23(31)9-10-33-22-8-5-17(26)11-21(22)29-24(27)32/h1-5,8,11,18-20H,6-7,9-10,12-14H2,(H,28,31)(H3,27,29,32)/t18-,19+,20-. The van der Waals surface area contributed by atoms with Crippen molar-refractivity contribution in [3.05, 3.63) is 58.1 Å². The number of anilines is 1. The van der Waals surface area contributed by atoms with Crippen LogP contribution in [0.1, 0.15) is 37.7 Å². The fraction of sp³-hybridized carbons (Fsp3) is 0.417. The molecule has 0 unspecified atom stereocenters. The van der Waals surface area contributed by atoms with Crippen LogP contribution < -0.4 is 21.1 Å². The molecule has 3 amide bonds. The monoisotopic (exact) mass is 490 g/mol. The van der Waals surface area contributed by atoms with Crippen molar-refractivity contribution in [1.82, 2.24) is 10.2 Å². The molecule has 7 nitrogen and oxygen atoms in total. The van der Waals surface area contributed by atoms with Gasteiger partial charge in [-0.2, -0.15) is 0 Å². The van der Waals surface area contributed by atoms with Gasteiger partial charge in [-0.3, -0.25) is 9.69 Å². The lowest BCUT2D eigenvalue weighted by molar-refractivity contribution is -0.122. The molecule has 0 spiro atoms. The zero-order chi connectivity index (χ0) is 23.4. The van der Waals surface area contributed by atoms with Crippen molar-refractivity contribution in [3.8, 4) is 5.75 Å². The van der Waals surface area contributed by atoms with Gasteiger partial charge >= 0.3 is 6.03 Å². The first-order valence-corrected chi connectivity index (χ1v) is 11.9. The number of nitrogens with zero attached hydrogens (tertiary/aromatic N) is 1. The maximum absolute atomic E-state index is 12.5. The number of nitrogens with two attached hydrogens (primary N) is 1. The van der Waals surface area contributed by atoms with Crippen LogP contribution in [0.25, 0.3) is 0 Å². The van der Waals surface area contributed by atoms with Crippen LogP contribution in [0.15, 0.2) is 42.5 Å². The van der Waals surface area contributed by atoms with E-state index in [1.807, 2.05) is 12.1 Å². The molecule has 0 radical (unpaired) electrons. The van der Waals surface area contributed by atoms with E-state index in [1.54, 1.807) is 18.2 Å². The number of hydrogen-bond acceptors (Lipinski definition) is 4. The van der Waals surface area contributed by atoms with Gasteiger partial charge in [-0.1, -0.05) is 35.3 Å². The van der Waals surface area contributed by atoms with Crippen molar-refractivity contribution in [3.63, 3.8) is 0 Å². The maximum atomic E-state index is 12.5. The second kappa shape index (κ2) is 10.6. The van der Waals surface area contributed by atoms with Crippen LogP contribution >= 0.6 is 23.2 Å². The summed E-state index contributed by atoms with van der Waals surface area (Å²) in [6, 6.07) is 13.3. The quantitative estimate of drug-likeness (QED) is 0.504. The van der Waals surface area contributed by atoms with Gasteiger partial charge in [0.05, 0.1) is 18.7 Å². The molecule has 0 saturated carbocycles. The number of nitrogens with one attached hydrogen (secondary N) is 2. The van der Waals surface area contributed by atoms with Crippen molar-refractivity contribution in [1.29, 1.82) is 0 Å². The first-order valence-electron chi connectivity index (χ1n) is 11.2. The Morgan fingerprint density at radius 3 is 2.36 bits per heavy atom. The second-order valence-electron chi connectivity index (χ2n) is 8.65. The Bertz CT molecular complexity index is 988. The number of carbonyl (C=O) groups is 2. The molecule has 4 rings (SSSR count). The van der Waals surface area contributed by atoms with Gasteiger partial charge in [-0.05, 0) is 61.6 Å². The topological polar surface area (TPSA) is 96.7 Å². The number of rotatable bonds is 8. The maximum Gasteiger partial charge on any atom is 0.316 e. The summed E-state index contributed by atoms with van der Waals surface area (Å²) >= 11 is 12.0. The second-order valence-corrected chi connectivity index (χ2v) is 9.52. The molecule has 0 aromatic heterocycles. The molecule has 2 saturated heterocycles. The van der Waals surface area contributed by atoms with Gasteiger partial charge in [0.1, 0.15) is 5.75 Å². The Balaban J connectivity index is 1.24. The van der Waals surface area contributed by atoms with Gasteiger partial charge in [0, 0.05) is 34.7 Å². The van der Waals surface area contributed by atoms with Crippen LogP contribution in [-0.4, -0.2) is 41.6 Å². The molecule has 176 valence electrons. The predicted octanol–water partition coefficient (Wildman–Crippen LogP) is 4.56. The van der Waals surface area contributed by atoms with Gasteiger partial charge in [0.25, 0.3) is 0 Å². The number of benzene rings is 2. The third-order valence-corrected chi connectivity index (χ3v) is 6.80. The number of hydrogen-bond donors (Lipinski definition) is 3. The normalized spacial score (nSPS) is 22.1. The minimum atomic E-state index is -0.711. The Morgan fingerprint density at radius 2 is 1.70 bits per heavy atom. The Labute approximate surface area is 203 Å². The molecule has 9 heteroatoms. The molecule has 2 heterocycles. The van der Waals surface area contributed by atoms with Crippen LogP contribution in [0.3, 0.4) is 0 Å². The van der Waals surface area contributed by atoms with E-state index in [1.165, 1.54) is 18.4 Å². The highest BCUT2D eigenvalue weighted by atomic mass is 35.5. The zero-order valence-corrected chi connectivity index (χ0v) is 19.7. The first-order chi connectivity index (χ1) is 15.9. The number of ether oxygens (including phenoxy) is 1. The van der Waals surface area contributed by atoms with E-state index in [2.05, 4.69) is 27.7 Å². The van der Waals surface area contributed by atoms with E-state index in [-0.39, 0.29) is 25.0 Å². The van der Waals surface area contributed by atoms with E-state index >= 15 is 0 Å². The van der Waals surface area contributed by atoms with Gasteiger partial charge < -0.3 is 21.1 Å². The summed E-state index contributed by atoms with van der Waals surface area (Å²) in [5, 5.41) is 6.85. The first kappa shape index (κ1) is 23.7. The zero-order valence-electron chi connectivity index (χ0n) is 18.2. The molecule has 2 aromatic carbocycles. The van der Waals surface area contributed by atoms with E-state index in [0.717, 1.165) is 24.4 Å². The number of halogens is 2. The summed E-state index contributed by atoms with van der Waals surface area (Å²) in [6.45, 7) is 1.10. The predicted molar refractivity (Wildman–Crippen MR) is 130 cm³/mol. The Hall–Kier alpha value is -2.48. The van der Waals surface area contributed by atoms with Gasteiger partial charge in [-0.15, -0.1) is 0 Å². The molecule has 2 fully saturated rings. The van der Waals surface area contributed by atoms with E-state index < -0.39 is 6.03 Å². The van der Waals surface area contributed by atoms with Crippen molar-refractivity contribution in [2.24, 2.45) is 5.73 Å². The molecule has 33 heavy (non-hydrogen) atoms. The fourth-order valence-electron chi connectivity index (χ4n) is 4.86. The number of carbonyl (C=O) groups excluding carboxylic acids is 2. The van der Waals surface area contributed by atoms with E-state index in [0.29, 0.717) is 28.5 Å². The summed E-state index contributed by atoms with van der Waals surface area (Å²) in [6.07, 6.45) is 4.47. The Morgan fingerprint density at radius 1 is 1.03 bits per heavy atom. The number of piperidine rings is 1. The Kier molecular flexibility index (Phi) is 7.63. The summed E-state index contributed by atoms with van der Waals surface area (Å²) < 4.78 is 5.69. The fourth-order valence-corrected chi connectivity index (χ4v) is 5.16. The van der Waals surface area contributed by atoms with Crippen molar-refractivity contribution >= 4 is 40.8 Å². The molecule has 0 aliphatic carbocycles. The minimum Gasteiger partial charge on any atom is -0.491 e. The highest BCUT2D eigenvalue weighted by molar-refractivity contribution is 6.31. The largest absolute Gasteiger partial charge is 0.491 e. The smallest absolute Gasteiger partial charge is 0.316 e. The molecule has 2 aromatic rings. The van der Waals surface area contributed by atoms with Crippen LogP contribution in [0.4, 0.5) is 10.5 Å². The summed E-state index contributed by atoms with van der Waals surface area (Å²) in [5.74, 6) is 0.378. The SMILES string of the molecule is NC(=O)Nc1cc(Cl)ccc1OCCC(=O)N[C@H]1C[C@H]2CC[C@@H](C1)N2Cc1ccc(Cl)cc1. The van der Waals surface area contributed by atoms with Crippen LogP contribution in [0.5, 0.6) is 5.75 Å². The number of urea groups is 1. The molecule has 2 aliphatic heterocycles.